The number of nitrogens with zero attached hydrogens (tertiary/aromatic N) is 1. The molecule has 0 aliphatic heterocycles. The number of pyridine rings is 1. The number of benzene rings is 1. The summed E-state index contributed by atoms with van der Waals surface area (Å²) in [5.41, 5.74) is 1.94. The van der Waals surface area contributed by atoms with Crippen LogP contribution in [0, 0.1) is 0 Å². The zero-order valence-corrected chi connectivity index (χ0v) is 9.25. The molecule has 0 unspecified atom stereocenters. The highest BCUT2D eigenvalue weighted by Gasteiger charge is 2.00. The smallest absolute Gasteiger partial charge is 0.186 e. The van der Waals surface area contributed by atoms with Crippen molar-refractivity contribution in [1.82, 2.24) is 4.98 Å². The van der Waals surface area contributed by atoms with Gasteiger partial charge in [0, 0.05) is 18.1 Å². The summed E-state index contributed by atoms with van der Waals surface area (Å²) in [6, 6.07) is 12.0. The van der Waals surface area contributed by atoms with E-state index in [9.17, 15) is 4.79 Å². The Balaban J connectivity index is 2.26. The molecule has 0 radical (unpaired) electrons. The van der Waals surface area contributed by atoms with Gasteiger partial charge in [0.05, 0.1) is 11.2 Å². The standard InChI is InChI=1S/C12H11NOS/c1-9(14)15-8-11-7-6-10-4-2-3-5-12(10)13-11/h2-7H,8H2,1H3. The Morgan fingerprint density at radius 3 is 2.87 bits per heavy atom. The summed E-state index contributed by atoms with van der Waals surface area (Å²) in [5, 5.41) is 1.26. The first kappa shape index (κ1) is 10.2. The third-order valence-electron chi connectivity index (χ3n) is 2.08. The molecule has 0 amide bonds. The van der Waals surface area contributed by atoms with Crippen LogP contribution in [0.1, 0.15) is 12.6 Å². The quantitative estimate of drug-likeness (QED) is 0.774. The van der Waals surface area contributed by atoms with Crippen LogP contribution in [0.2, 0.25) is 0 Å². The van der Waals surface area contributed by atoms with E-state index in [0.717, 1.165) is 16.6 Å². The lowest BCUT2D eigenvalue weighted by Gasteiger charge is -2.00. The summed E-state index contributed by atoms with van der Waals surface area (Å²) in [6.45, 7) is 1.58. The fourth-order valence-corrected chi connectivity index (χ4v) is 1.88. The van der Waals surface area contributed by atoms with Crippen LogP contribution in [0.5, 0.6) is 0 Å². The minimum absolute atomic E-state index is 0.130. The molecule has 0 aliphatic rings. The van der Waals surface area contributed by atoms with Gasteiger partial charge in [-0.05, 0) is 12.1 Å². The second kappa shape index (κ2) is 4.45. The minimum Gasteiger partial charge on any atom is -0.288 e. The normalized spacial score (nSPS) is 10.5. The zero-order valence-electron chi connectivity index (χ0n) is 8.43. The zero-order chi connectivity index (χ0) is 10.7. The van der Waals surface area contributed by atoms with E-state index in [1.807, 2.05) is 36.4 Å². The molecule has 1 heterocycles. The predicted molar refractivity (Wildman–Crippen MR) is 63.7 cm³/mol. The molecule has 0 atom stereocenters. The first-order valence-electron chi connectivity index (χ1n) is 4.74. The van der Waals surface area contributed by atoms with Crippen molar-refractivity contribution in [2.75, 3.05) is 0 Å². The lowest BCUT2D eigenvalue weighted by atomic mass is 10.2. The van der Waals surface area contributed by atoms with Gasteiger partial charge in [0.2, 0.25) is 0 Å². The van der Waals surface area contributed by atoms with E-state index in [1.54, 1.807) is 6.92 Å². The van der Waals surface area contributed by atoms with Gasteiger partial charge in [-0.15, -0.1) is 0 Å². The average molecular weight is 217 g/mol. The molecule has 76 valence electrons. The third kappa shape index (κ3) is 2.57. The molecular weight excluding hydrogens is 206 g/mol. The second-order valence-corrected chi connectivity index (χ2v) is 4.43. The number of hydrogen-bond acceptors (Lipinski definition) is 3. The van der Waals surface area contributed by atoms with Gasteiger partial charge < -0.3 is 0 Å². The first-order chi connectivity index (χ1) is 7.25. The van der Waals surface area contributed by atoms with Gasteiger partial charge in [-0.2, -0.15) is 0 Å². The van der Waals surface area contributed by atoms with Crippen molar-refractivity contribution in [3.05, 3.63) is 42.1 Å². The van der Waals surface area contributed by atoms with Crippen LogP contribution in [0.4, 0.5) is 0 Å². The topological polar surface area (TPSA) is 30.0 Å². The highest BCUT2D eigenvalue weighted by atomic mass is 32.2. The van der Waals surface area contributed by atoms with Crippen molar-refractivity contribution >= 4 is 27.8 Å². The largest absolute Gasteiger partial charge is 0.288 e. The Labute approximate surface area is 92.7 Å². The van der Waals surface area contributed by atoms with Crippen molar-refractivity contribution in [3.8, 4) is 0 Å². The Morgan fingerprint density at radius 2 is 2.07 bits per heavy atom. The van der Waals surface area contributed by atoms with Gasteiger partial charge in [0.25, 0.3) is 0 Å². The summed E-state index contributed by atoms with van der Waals surface area (Å²) in [4.78, 5) is 15.3. The maximum absolute atomic E-state index is 10.8. The van der Waals surface area contributed by atoms with E-state index in [2.05, 4.69) is 4.98 Å². The van der Waals surface area contributed by atoms with E-state index >= 15 is 0 Å². The molecule has 0 N–H and O–H groups in total. The van der Waals surface area contributed by atoms with Crippen molar-refractivity contribution in [2.45, 2.75) is 12.7 Å². The van der Waals surface area contributed by atoms with Crippen molar-refractivity contribution < 1.29 is 4.79 Å². The molecule has 2 rings (SSSR count). The molecule has 2 nitrogen and oxygen atoms in total. The molecular formula is C12H11NOS. The van der Waals surface area contributed by atoms with E-state index < -0.39 is 0 Å². The van der Waals surface area contributed by atoms with Crippen molar-refractivity contribution in [1.29, 1.82) is 0 Å². The van der Waals surface area contributed by atoms with Crippen LogP contribution in [0.15, 0.2) is 36.4 Å². The van der Waals surface area contributed by atoms with Crippen LogP contribution in [-0.4, -0.2) is 10.1 Å². The van der Waals surface area contributed by atoms with Crippen molar-refractivity contribution in [3.63, 3.8) is 0 Å². The molecule has 0 saturated carbocycles. The van der Waals surface area contributed by atoms with E-state index in [4.69, 9.17) is 0 Å². The van der Waals surface area contributed by atoms with Crippen molar-refractivity contribution in [2.24, 2.45) is 0 Å². The second-order valence-electron chi connectivity index (χ2n) is 3.28. The number of para-hydroxylation sites is 1. The van der Waals surface area contributed by atoms with Crippen LogP contribution >= 0.6 is 11.8 Å². The summed E-state index contributed by atoms with van der Waals surface area (Å²) in [6.07, 6.45) is 0. The fraction of sp³-hybridized carbons (Fsp3) is 0.167. The van der Waals surface area contributed by atoms with Crippen LogP contribution in [0.3, 0.4) is 0 Å². The monoisotopic (exact) mass is 217 g/mol. The highest BCUT2D eigenvalue weighted by Crippen LogP contribution is 2.15. The Kier molecular flexibility index (Phi) is 3.02. The van der Waals surface area contributed by atoms with Gasteiger partial charge in [0.15, 0.2) is 5.12 Å². The Hall–Kier alpha value is -1.35. The van der Waals surface area contributed by atoms with Gasteiger partial charge >= 0.3 is 0 Å². The molecule has 2 aromatic rings. The maximum atomic E-state index is 10.8. The maximum Gasteiger partial charge on any atom is 0.186 e. The van der Waals surface area contributed by atoms with Crippen LogP contribution < -0.4 is 0 Å². The van der Waals surface area contributed by atoms with E-state index in [1.165, 1.54) is 11.8 Å². The highest BCUT2D eigenvalue weighted by molar-refractivity contribution is 8.12. The third-order valence-corrected chi connectivity index (χ3v) is 2.93. The van der Waals surface area contributed by atoms with E-state index in [-0.39, 0.29) is 5.12 Å². The molecule has 0 spiro atoms. The summed E-state index contributed by atoms with van der Waals surface area (Å²) in [5.74, 6) is 0.653. The number of aromatic nitrogens is 1. The number of fused-ring (bicyclic) bond motifs is 1. The minimum atomic E-state index is 0.130. The predicted octanol–water partition coefficient (Wildman–Crippen LogP) is 3.01. The number of hydrogen-bond donors (Lipinski definition) is 0. The van der Waals surface area contributed by atoms with Gasteiger partial charge in [-0.3, -0.25) is 9.78 Å². The first-order valence-corrected chi connectivity index (χ1v) is 5.72. The van der Waals surface area contributed by atoms with Crippen LogP contribution in [0.25, 0.3) is 10.9 Å². The molecule has 0 bridgehead atoms. The number of rotatable bonds is 2. The number of thioether (sulfide) groups is 1. The summed E-state index contributed by atoms with van der Waals surface area (Å²) < 4.78 is 0. The molecule has 1 aromatic heterocycles. The lowest BCUT2D eigenvalue weighted by molar-refractivity contribution is -0.109. The average Bonchev–Trinajstić information content (AvgIpc) is 2.26. The van der Waals surface area contributed by atoms with Gasteiger partial charge in [0.1, 0.15) is 0 Å². The van der Waals surface area contributed by atoms with Crippen LogP contribution in [-0.2, 0) is 10.5 Å². The fourth-order valence-electron chi connectivity index (χ4n) is 1.36. The van der Waals surface area contributed by atoms with Gasteiger partial charge in [-0.25, -0.2) is 0 Å². The van der Waals surface area contributed by atoms with Gasteiger partial charge in [-0.1, -0.05) is 36.0 Å². The summed E-state index contributed by atoms with van der Waals surface area (Å²) in [7, 11) is 0. The number of carbonyl (C=O) groups is 1. The summed E-state index contributed by atoms with van der Waals surface area (Å²) >= 11 is 1.29. The lowest BCUT2D eigenvalue weighted by Crippen LogP contribution is -1.90. The molecule has 0 aliphatic carbocycles. The SMILES string of the molecule is CC(=O)SCc1ccc2ccccc2n1. The van der Waals surface area contributed by atoms with E-state index in [0.29, 0.717) is 5.75 Å². The molecule has 15 heavy (non-hydrogen) atoms. The molecule has 1 aromatic carbocycles. The molecule has 0 fully saturated rings. The Morgan fingerprint density at radius 1 is 1.27 bits per heavy atom. The Bertz CT molecular complexity index is 496. The number of carbonyl (C=O) groups excluding carboxylic acids is 1. The molecule has 3 heteroatoms. The molecule has 0 saturated heterocycles.